The number of H-pyrrole nitrogens is 1. The number of aromatic nitrogens is 1. The second-order valence-electron chi connectivity index (χ2n) is 8.02. The molecule has 30 heavy (non-hydrogen) atoms. The van der Waals surface area contributed by atoms with Crippen LogP contribution in [0, 0.1) is 18.7 Å². The largest absolute Gasteiger partial charge is 0.361 e. The van der Waals surface area contributed by atoms with Gasteiger partial charge in [-0.1, -0.05) is 23.8 Å². The zero-order valence-corrected chi connectivity index (χ0v) is 17.1. The average Bonchev–Trinajstić information content (AvgIpc) is 3.30. The maximum atomic E-state index is 13.0. The zero-order valence-electron chi connectivity index (χ0n) is 17.1. The summed E-state index contributed by atoms with van der Waals surface area (Å²) < 4.78 is 13.0. The topological polar surface area (TPSA) is 65.2 Å². The van der Waals surface area contributed by atoms with Gasteiger partial charge in [-0.15, -0.1) is 0 Å². The van der Waals surface area contributed by atoms with E-state index in [-0.39, 0.29) is 30.0 Å². The van der Waals surface area contributed by atoms with Crippen LogP contribution in [0.4, 0.5) is 4.39 Å². The molecule has 2 aromatic carbocycles. The molecule has 1 aromatic heterocycles. The summed E-state index contributed by atoms with van der Waals surface area (Å²) in [7, 11) is 0. The van der Waals surface area contributed by atoms with Crippen LogP contribution in [0.1, 0.15) is 23.1 Å². The molecule has 4 rings (SSSR count). The van der Waals surface area contributed by atoms with Crippen LogP contribution in [0.2, 0.25) is 0 Å². The zero-order chi connectivity index (χ0) is 21.1. The molecule has 1 fully saturated rings. The molecular weight excluding hydrogens is 381 g/mol. The summed E-state index contributed by atoms with van der Waals surface area (Å²) in [6, 6.07) is 12.6. The lowest BCUT2D eigenvalue weighted by atomic mass is 10.1. The average molecular weight is 407 g/mol. The van der Waals surface area contributed by atoms with Crippen LogP contribution in [-0.2, 0) is 22.4 Å². The van der Waals surface area contributed by atoms with E-state index in [0.29, 0.717) is 26.1 Å². The van der Waals surface area contributed by atoms with Gasteiger partial charge in [0.05, 0.1) is 5.92 Å². The number of benzene rings is 2. The van der Waals surface area contributed by atoms with E-state index in [0.717, 1.165) is 17.5 Å². The fraction of sp³-hybridized carbons (Fsp3) is 0.333. The third-order valence-corrected chi connectivity index (χ3v) is 5.79. The van der Waals surface area contributed by atoms with Crippen molar-refractivity contribution in [2.45, 2.75) is 26.2 Å². The minimum Gasteiger partial charge on any atom is -0.361 e. The van der Waals surface area contributed by atoms with Gasteiger partial charge in [0.2, 0.25) is 11.8 Å². The highest BCUT2D eigenvalue weighted by molar-refractivity contribution is 5.89. The van der Waals surface area contributed by atoms with Gasteiger partial charge >= 0.3 is 0 Å². The first-order valence-corrected chi connectivity index (χ1v) is 10.4. The van der Waals surface area contributed by atoms with E-state index in [2.05, 4.69) is 35.4 Å². The Hall–Kier alpha value is -3.15. The molecule has 6 heteroatoms. The van der Waals surface area contributed by atoms with Crippen LogP contribution in [-0.4, -0.2) is 41.3 Å². The molecular formula is C24H26FN3O2. The second kappa shape index (κ2) is 8.69. The fourth-order valence-electron chi connectivity index (χ4n) is 4.04. The molecule has 1 atom stereocenters. The predicted octanol–water partition coefficient (Wildman–Crippen LogP) is 3.37. The van der Waals surface area contributed by atoms with Crippen molar-refractivity contribution in [2.24, 2.45) is 5.92 Å². The number of likely N-dealkylation sites (tertiary alicyclic amines) is 1. The molecule has 0 unspecified atom stereocenters. The van der Waals surface area contributed by atoms with Crippen molar-refractivity contribution in [1.29, 1.82) is 0 Å². The van der Waals surface area contributed by atoms with Crippen LogP contribution >= 0.6 is 0 Å². The minimum atomic E-state index is -0.309. The first kappa shape index (κ1) is 20.1. The summed E-state index contributed by atoms with van der Waals surface area (Å²) in [5.41, 5.74) is 4.46. The third kappa shape index (κ3) is 4.53. The SMILES string of the molecule is Cc1ccc2[nH]cc(CCN3C[C@@H](C(=O)NCCc4ccc(F)cc4)CC3=O)c2c1. The molecule has 1 saturated heterocycles. The van der Waals surface area contributed by atoms with Crippen LogP contribution in [0.5, 0.6) is 0 Å². The van der Waals surface area contributed by atoms with Gasteiger partial charge in [0.15, 0.2) is 0 Å². The lowest BCUT2D eigenvalue weighted by molar-refractivity contribution is -0.129. The lowest BCUT2D eigenvalue weighted by Crippen LogP contribution is -2.34. The van der Waals surface area contributed by atoms with Crippen molar-refractivity contribution in [2.75, 3.05) is 19.6 Å². The molecule has 0 bridgehead atoms. The molecule has 2 N–H and O–H groups in total. The number of carbonyl (C=O) groups excluding carboxylic acids is 2. The van der Waals surface area contributed by atoms with Crippen LogP contribution in [0.3, 0.4) is 0 Å². The highest BCUT2D eigenvalue weighted by Gasteiger charge is 2.33. The quantitative estimate of drug-likeness (QED) is 0.631. The van der Waals surface area contributed by atoms with Crippen LogP contribution < -0.4 is 5.32 Å². The van der Waals surface area contributed by atoms with Gasteiger partial charge < -0.3 is 15.2 Å². The Kier molecular flexibility index (Phi) is 5.84. The molecule has 1 aliphatic rings. The van der Waals surface area contributed by atoms with E-state index in [9.17, 15) is 14.0 Å². The number of hydrogen-bond acceptors (Lipinski definition) is 2. The molecule has 5 nitrogen and oxygen atoms in total. The smallest absolute Gasteiger partial charge is 0.225 e. The molecule has 156 valence electrons. The number of amides is 2. The molecule has 0 spiro atoms. The van der Waals surface area contributed by atoms with E-state index in [1.54, 1.807) is 17.0 Å². The molecule has 2 heterocycles. The van der Waals surface area contributed by atoms with E-state index in [1.165, 1.54) is 28.6 Å². The van der Waals surface area contributed by atoms with E-state index in [4.69, 9.17) is 0 Å². The Bertz CT molecular complexity index is 1060. The summed E-state index contributed by atoms with van der Waals surface area (Å²) in [6.07, 6.45) is 3.66. The molecule has 0 radical (unpaired) electrons. The maximum absolute atomic E-state index is 13.0. The van der Waals surface area contributed by atoms with E-state index >= 15 is 0 Å². The van der Waals surface area contributed by atoms with Gasteiger partial charge in [-0.2, -0.15) is 0 Å². The normalized spacial score (nSPS) is 16.4. The van der Waals surface area contributed by atoms with Crippen LogP contribution in [0.25, 0.3) is 10.9 Å². The minimum absolute atomic E-state index is 0.0321. The number of carbonyl (C=O) groups is 2. The molecule has 0 aliphatic carbocycles. The highest BCUT2D eigenvalue weighted by atomic mass is 19.1. The van der Waals surface area contributed by atoms with Crippen molar-refractivity contribution in [3.05, 3.63) is 71.2 Å². The summed E-state index contributed by atoms with van der Waals surface area (Å²) >= 11 is 0. The molecule has 1 aliphatic heterocycles. The summed E-state index contributed by atoms with van der Waals surface area (Å²) in [4.78, 5) is 29.9. The summed E-state index contributed by atoms with van der Waals surface area (Å²) in [5.74, 6) is -0.633. The number of halogens is 1. The van der Waals surface area contributed by atoms with Gasteiger partial charge in [-0.25, -0.2) is 4.39 Å². The Labute approximate surface area is 175 Å². The number of hydrogen-bond donors (Lipinski definition) is 2. The van der Waals surface area contributed by atoms with E-state index < -0.39 is 0 Å². The Morgan fingerprint density at radius 3 is 2.80 bits per heavy atom. The molecule has 0 saturated carbocycles. The number of nitrogens with zero attached hydrogens (tertiary/aromatic N) is 1. The standard InChI is InChI=1S/C24H26FN3O2/c1-16-2-7-22-21(12-16)18(14-27-22)9-11-28-15-19(13-23(28)29)24(30)26-10-8-17-3-5-20(25)6-4-17/h2-7,12,14,19,27H,8-11,13,15H2,1H3,(H,26,30)/t19-/m0/s1. The fourth-order valence-corrected chi connectivity index (χ4v) is 4.04. The molecule has 2 amide bonds. The van der Waals surface area contributed by atoms with Gasteiger partial charge in [0, 0.05) is 43.2 Å². The first-order chi connectivity index (χ1) is 14.5. The summed E-state index contributed by atoms with van der Waals surface area (Å²) in [6.45, 7) is 3.62. The number of nitrogens with one attached hydrogen (secondary N) is 2. The highest BCUT2D eigenvalue weighted by Crippen LogP contribution is 2.22. The Balaban J connectivity index is 1.27. The Morgan fingerprint density at radius 2 is 2.00 bits per heavy atom. The first-order valence-electron chi connectivity index (χ1n) is 10.4. The number of rotatable bonds is 7. The maximum Gasteiger partial charge on any atom is 0.225 e. The predicted molar refractivity (Wildman–Crippen MR) is 115 cm³/mol. The van der Waals surface area contributed by atoms with Gasteiger partial charge in [0.25, 0.3) is 0 Å². The summed E-state index contributed by atoms with van der Waals surface area (Å²) in [5, 5.41) is 4.10. The monoisotopic (exact) mass is 407 g/mol. The van der Waals surface area contributed by atoms with Crippen LogP contribution in [0.15, 0.2) is 48.7 Å². The van der Waals surface area contributed by atoms with E-state index in [1.807, 2.05) is 6.20 Å². The second-order valence-corrected chi connectivity index (χ2v) is 8.02. The third-order valence-electron chi connectivity index (χ3n) is 5.79. The lowest BCUT2D eigenvalue weighted by Gasteiger charge is -2.16. The number of aryl methyl sites for hydroxylation is 1. The van der Waals surface area contributed by atoms with Gasteiger partial charge in [0.1, 0.15) is 5.82 Å². The number of aromatic amines is 1. The van der Waals surface area contributed by atoms with Crippen molar-refractivity contribution in [1.82, 2.24) is 15.2 Å². The van der Waals surface area contributed by atoms with Crippen molar-refractivity contribution >= 4 is 22.7 Å². The van der Waals surface area contributed by atoms with Crippen molar-refractivity contribution in [3.63, 3.8) is 0 Å². The van der Waals surface area contributed by atoms with Gasteiger partial charge in [-0.05, 0) is 55.2 Å². The van der Waals surface area contributed by atoms with Crippen molar-refractivity contribution < 1.29 is 14.0 Å². The Morgan fingerprint density at radius 1 is 1.20 bits per heavy atom. The number of fused-ring (bicyclic) bond motifs is 1. The van der Waals surface area contributed by atoms with Gasteiger partial charge in [-0.3, -0.25) is 9.59 Å². The molecule has 3 aromatic rings. The van der Waals surface area contributed by atoms with Crippen molar-refractivity contribution in [3.8, 4) is 0 Å².